The highest BCUT2D eigenvalue weighted by Crippen LogP contribution is 2.72. The van der Waals surface area contributed by atoms with E-state index in [2.05, 4.69) is 324 Å². The van der Waals surface area contributed by atoms with Gasteiger partial charge in [-0.25, -0.2) is 0 Å². The van der Waals surface area contributed by atoms with Crippen LogP contribution in [0, 0.1) is 10.8 Å². The molecule has 3 heterocycles. The minimum absolute atomic E-state index is 0.0188. The summed E-state index contributed by atoms with van der Waals surface area (Å²) in [6, 6.07) is 65.1. The van der Waals surface area contributed by atoms with Crippen molar-refractivity contribution in [1.29, 1.82) is 0 Å². The monoisotopic (exact) mass is 1110 g/mol. The van der Waals surface area contributed by atoms with Crippen molar-refractivity contribution in [2.75, 3.05) is 14.7 Å². The molecule has 0 amide bonds. The number of nitrogens with zero attached hydrogens (tertiary/aromatic N) is 3. The van der Waals surface area contributed by atoms with Gasteiger partial charge in [-0.05, 0) is 173 Å². The van der Waals surface area contributed by atoms with Crippen molar-refractivity contribution in [3.8, 4) is 22.3 Å². The highest BCUT2D eigenvalue weighted by atomic mass is 15.3. The van der Waals surface area contributed by atoms with Gasteiger partial charge in [-0.15, -0.1) is 0 Å². The fraction of sp³-hybridized carbons (Fsp3) is 0.400. The molecule has 4 heteroatoms. The molecule has 0 aromatic heterocycles. The van der Waals surface area contributed by atoms with Crippen molar-refractivity contribution in [3.05, 3.63) is 197 Å². The zero-order valence-corrected chi connectivity index (χ0v) is 54.9. The molecule has 0 radical (unpaired) electrons. The molecule has 8 aromatic carbocycles. The highest BCUT2D eigenvalue weighted by molar-refractivity contribution is 7.00. The summed E-state index contributed by atoms with van der Waals surface area (Å²) >= 11 is 0. The molecule has 0 bridgehead atoms. The Labute approximate surface area is 507 Å². The second kappa shape index (κ2) is 18.9. The van der Waals surface area contributed by atoms with Gasteiger partial charge >= 0.3 is 0 Å². The van der Waals surface area contributed by atoms with Crippen LogP contribution in [0.4, 0.5) is 45.5 Å². The smallest absolute Gasteiger partial charge is 0.252 e. The lowest BCUT2D eigenvalue weighted by Crippen LogP contribution is -2.69. The average Bonchev–Trinajstić information content (AvgIpc) is 1.42. The van der Waals surface area contributed by atoms with Crippen molar-refractivity contribution in [3.63, 3.8) is 0 Å². The Morgan fingerprint density at radius 1 is 0.345 bits per heavy atom. The molecule has 1 aliphatic carbocycles. The van der Waals surface area contributed by atoms with Gasteiger partial charge in [-0.1, -0.05) is 248 Å². The van der Waals surface area contributed by atoms with E-state index in [4.69, 9.17) is 0 Å². The second-order valence-corrected chi connectivity index (χ2v) is 32.5. The highest BCUT2D eigenvalue weighted by Gasteiger charge is 2.70. The lowest BCUT2D eigenvalue weighted by atomic mass is 9.33. The normalized spacial score (nSPS) is 19.8. The first-order valence-electron chi connectivity index (χ1n) is 31.5. The fourth-order valence-corrected chi connectivity index (χ4v) is 15.5. The Kier molecular flexibility index (Phi) is 12.9. The van der Waals surface area contributed by atoms with Gasteiger partial charge in [0.2, 0.25) is 0 Å². The van der Waals surface area contributed by atoms with Crippen LogP contribution >= 0.6 is 0 Å². The van der Waals surface area contributed by atoms with Crippen molar-refractivity contribution in [2.24, 2.45) is 10.8 Å². The molecule has 3 nitrogen and oxygen atoms in total. The lowest BCUT2D eigenvalue weighted by molar-refractivity contribution is -0.0415. The van der Waals surface area contributed by atoms with Crippen molar-refractivity contribution >= 4 is 68.6 Å². The first-order valence-corrected chi connectivity index (χ1v) is 31.5. The number of hydrogen-bond acceptors (Lipinski definition) is 3. The van der Waals surface area contributed by atoms with E-state index in [-0.39, 0.29) is 55.6 Å². The number of rotatable bonds is 5. The van der Waals surface area contributed by atoms with Crippen LogP contribution in [0.3, 0.4) is 0 Å². The van der Waals surface area contributed by atoms with Crippen molar-refractivity contribution in [1.82, 2.24) is 0 Å². The topological polar surface area (TPSA) is 9.72 Å². The van der Waals surface area contributed by atoms with Gasteiger partial charge in [-0.3, -0.25) is 0 Å². The fourth-order valence-electron chi connectivity index (χ4n) is 15.5. The van der Waals surface area contributed by atoms with Gasteiger partial charge in [0, 0.05) is 50.7 Å². The first kappa shape index (κ1) is 57.6. The van der Waals surface area contributed by atoms with Crippen LogP contribution in [0.1, 0.15) is 192 Å². The van der Waals surface area contributed by atoms with Gasteiger partial charge in [0.25, 0.3) is 6.71 Å². The molecular formula is C80H94BN3. The minimum Gasteiger partial charge on any atom is -0.334 e. The molecular weight excluding hydrogens is 1010 g/mol. The van der Waals surface area contributed by atoms with E-state index >= 15 is 0 Å². The van der Waals surface area contributed by atoms with Gasteiger partial charge in [-0.2, -0.15) is 0 Å². The van der Waals surface area contributed by atoms with Gasteiger partial charge in [0.05, 0.1) is 16.9 Å². The number of benzene rings is 8. The molecule has 1 fully saturated rings. The number of fused-ring (bicyclic) bond motifs is 7. The van der Waals surface area contributed by atoms with E-state index < -0.39 is 0 Å². The van der Waals surface area contributed by atoms with Crippen LogP contribution < -0.4 is 31.1 Å². The summed E-state index contributed by atoms with van der Waals surface area (Å²) in [6.45, 7) is 51.0. The van der Waals surface area contributed by atoms with Crippen LogP contribution in [0.25, 0.3) is 22.3 Å². The van der Waals surface area contributed by atoms with Crippen molar-refractivity contribution in [2.45, 2.75) is 196 Å². The molecule has 0 saturated heterocycles. The molecule has 84 heavy (non-hydrogen) atoms. The third-order valence-electron chi connectivity index (χ3n) is 21.5. The van der Waals surface area contributed by atoms with Gasteiger partial charge in [0.1, 0.15) is 0 Å². The van der Waals surface area contributed by atoms with Crippen LogP contribution in [0.5, 0.6) is 0 Å². The summed E-state index contributed by atoms with van der Waals surface area (Å²) in [5.74, 6) is 0. The number of anilines is 8. The predicted molar refractivity (Wildman–Crippen MR) is 366 cm³/mol. The Balaban J connectivity index is 1.29. The van der Waals surface area contributed by atoms with E-state index in [0.29, 0.717) is 0 Å². The van der Waals surface area contributed by atoms with Crippen LogP contribution in [0.2, 0.25) is 0 Å². The predicted octanol–water partition coefficient (Wildman–Crippen LogP) is 20.6. The Morgan fingerprint density at radius 2 is 0.690 bits per heavy atom. The molecule has 3 aliphatic heterocycles. The molecule has 12 rings (SSSR count). The van der Waals surface area contributed by atoms with E-state index in [1.807, 2.05) is 0 Å². The van der Waals surface area contributed by atoms with Gasteiger partial charge in [0.15, 0.2) is 0 Å². The third kappa shape index (κ3) is 8.70. The molecule has 0 N–H and O–H groups in total. The maximum absolute atomic E-state index is 2.88. The van der Waals surface area contributed by atoms with E-state index in [9.17, 15) is 0 Å². The van der Waals surface area contributed by atoms with Crippen molar-refractivity contribution < 1.29 is 0 Å². The molecule has 4 aliphatic rings. The minimum atomic E-state index is -0.355. The quantitative estimate of drug-likeness (QED) is 0.159. The summed E-state index contributed by atoms with van der Waals surface area (Å²) in [6.07, 6.45) is 2.27. The van der Waals surface area contributed by atoms with Crippen LogP contribution in [-0.4, -0.2) is 12.3 Å². The Bertz CT molecular complexity index is 3730. The summed E-state index contributed by atoms with van der Waals surface area (Å²) in [5.41, 5.74) is 25.9. The summed E-state index contributed by atoms with van der Waals surface area (Å²) in [5, 5.41) is 0. The molecule has 1 saturated carbocycles. The third-order valence-corrected chi connectivity index (χ3v) is 21.5. The van der Waals surface area contributed by atoms with Gasteiger partial charge < -0.3 is 14.7 Å². The maximum atomic E-state index is 2.88. The molecule has 432 valence electrons. The summed E-state index contributed by atoms with van der Waals surface area (Å²) < 4.78 is 0. The molecule has 8 aromatic rings. The largest absolute Gasteiger partial charge is 0.334 e. The summed E-state index contributed by atoms with van der Waals surface area (Å²) in [7, 11) is 0. The molecule has 2 unspecified atom stereocenters. The first-order chi connectivity index (χ1) is 39.1. The van der Waals surface area contributed by atoms with E-state index in [1.54, 1.807) is 0 Å². The van der Waals surface area contributed by atoms with Crippen LogP contribution in [-0.2, 0) is 32.5 Å². The molecule has 0 spiro atoms. The number of hydrogen-bond donors (Lipinski definition) is 0. The van der Waals surface area contributed by atoms with Crippen LogP contribution in [0.15, 0.2) is 164 Å². The Hall–Kier alpha value is -6.78. The average molecular weight is 1110 g/mol. The molecule has 2 atom stereocenters. The standard InChI is InChI=1S/C80H94BN3/c1-72(2,3)53-32-37-64(59(44-53)51-28-24-22-25-29-51)82-67-40-35-56(75(10,11)12)47-62(67)81-63-48-57(76(13,14)15)36-41-68(63)83(65-38-33-54(73(4,5)6)45-60(65)52-30-26-23-27-31-52)70-50-58(49-69(82)71(70)81)84-66-39-34-55(74(7,8)9)46-61(66)79(20)77(16,17)42-43-78(18,19)80(79,84)21/h22-41,44-50H,42-43H2,1-21H3. The summed E-state index contributed by atoms with van der Waals surface area (Å²) in [4.78, 5) is 8.31. The zero-order valence-electron chi connectivity index (χ0n) is 54.9. The Morgan fingerprint density at radius 3 is 1.08 bits per heavy atom. The lowest BCUT2D eigenvalue weighted by Gasteiger charge is -2.65. The van der Waals surface area contributed by atoms with E-state index in [1.165, 1.54) is 118 Å². The van der Waals surface area contributed by atoms with E-state index in [0.717, 1.165) is 12.8 Å². The zero-order chi connectivity index (χ0) is 60.4. The SMILES string of the molecule is CC(C)(C)c1ccc2c(c1)B1c3cc(C(C)(C)C)ccc3N(c3ccc(C(C)(C)C)cc3-c3ccccc3)c3cc(N4c5ccc(C(C)(C)C)cc5C5(C)C(C)(C)CCC(C)(C)C45C)cc(c31)N2c1ccc(C(C)(C)C)cc1-c1ccccc1. The maximum Gasteiger partial charge on any atom is 0.252 e. The second-order valence-electron chi connectivity index (χ2n) is 32.5.